The number of unbranched alkanes of at least 4 members (excludes halogenated alkanes) is 1. The SMILES string of the molecule is CCCCO[C@H]1c2cc3c(cc2[C@@H](c2cc(OC)c(OC)c(OC)c2)[C@@]2(Br)C(=O)OC[C@H]12)OCO3. The molecule has 2 aromatic rings. The topological polar surface area (TPSA) is 81.7 Å². The quantitative estimate of drug-likeness (QED) is 0.265. The van der Waals surface area contributed by atoms with Crippen LogP contribution in [0.15, 0.2) is 24.3 Å². The lowest BCUT2D eigenvalue weighted by Crippen LogP contribution is -2.48. The Balaban J connectivity index is 1.74. The molecule has 35 heavy (non-hydrogen) atoms. The van der Waals surface area contributed by atoms with E-state index in [1.807, 2.05) is 24.3 Å². The van der Waals surface area contributed by atoms with Gasteiger partial charge in [-0.3, -0.25) is 4.79 Å². The number of hydrogen-bond acceptors (Lipinski definition) is 8. The van der Waals surface area contributed by atoms with Crippen LogP contribution in [0.2, 0.25) is 0 Å². The fourth-order valence-electron chi connectivity index (χ4n) is 5.35. The van der Waals surface area contributed by atoms with Crippen molar-refractivity contribution in [1.29, 1.82) is 0 Å². The Morgan fingerprint density at radius 3 is 2.23 bits per heavy atom. The second-order valence-corrected chi connectivity index (χ2v) is 10.2. The number of carbonyl (C=O) groups is 1. The van der Waals surface area contributed by atoms with E-state index in [1.165, 1.54) is 0 Å². The summed E-state index contributed by atoms with van der Waals surface area (Å²) in [6.07, 6.45) is 1.58. The first kappa shape index (κ1) is 24.1. The molecule has 0 spiro atoms. The zero-order valence-electron chi connectivity index (χ0n) is 20.2. The van der Waals surface area contributed by atoms with E-state index in [1.54, 1.807) is 21.3 Å². The van der Waals surface area contributed by atoms with Gasteiger partial charge in [-0.05, 0) is 47.4 Å². The number of ether oxygens (including phenoxy) is 7. The van der Waals surface area contributed by atoms with Crippen molar-refractivity contribution in [1.82, 2.24) is 0 Å². The summed E-state index contributed by atoms with van der Waals surface area (Å²) >= 11 is 3.88. The number of methoxy groups -OCH3 is 3. The lowest BCUT2D eigenvalue weighted by Gasteiger charge is -2.44. The van der Waals surface area contributed by atoms with Crippen LogP contribution in [0.5, 0.6) is 28.7 Å². The molecule has 188 valence electrons. The van der Waals surface area contributed by atoms with Gasteiger partial charge in [-0.15, -0.1) is 0 Å². The summed E-state index contributed by atoms with van der Waals surface area (Å²) in [6.45, 7) is 3.10. The van der Waals surface area contributed by atoms with Crippen molar-refractivity contribution in [3.8, 4) is 28.7 Å². The van der Waals surface area contributed by atoms with Crippen molar-refractivity contribution in [2.75, 3.05) is 41.3 Å². The Labute approximate surface area is 212 Å². The first-order valence-corrected chi connectivity index (χ1v) is 12.5. The highest BCUT2D eigenvalue weighted by Gasteiger charge is 2.63. The fraction of sp³-hybridized carbons (Fsp3) is 0.500. The molecule has 4 atom stereocenters. The van der Waals surface area contributed by atoms with Gasteiger partial charge >= 0.3 is 5.97 Å². The molecule has 1 fully saturated rings. The Hall–Kier alpha value is -2.65. The predicted octanol–water partition coefficient (Wildman–Crippen LogP) is 4.75. The van der Waals surface area contributed by atoms with Crippen LogP contribution < -0.4 is 23.7 Å². The van der Waals surface area contributed by atoms with E-state index in [2.05, 4.69) is 22.9 Å². The van der Waals surface area contributed by atoms with Crippen LogP contribution in [0.25, 0.3) is 0 Å². The number of rotatable bonds is 8. The average molecular weight is 549 g/mol. The normalized spacial score (nSPS) is 26.1. The predicted molar refractivity (Wildman–Crippen MR) is 130 cm³/mol. The fourth-order valence-corrected chi connectivity index (χ4v) is 6.35. The van der Waals surface area contributed by atoms with Crippen molar-refractivity contribution in [2.45, 2.75) is 36.1 Å². The van der Waals surface area contributed by atoms with Gasteiger partial charge < -0.3 is 33.2 Å². The summed E-state index contributed by atoms with van der Waals surface area (Å²) in [7, 11) is 4.70. The first-order chi connectivity index (χ1) is 17.0. The van der Waals surface area contributed by atoms with Crippen molar-refractivity contribution in [3.63, 3.8) is 0 Å². The van der Waals surface area contributed by atoms with Crippen molar-refractivity contribution in [2.24, 2.45) is 5.92 Å². The average Bonchev–Trinajstić information content (AvgIpc) is 3.45. The number of esters is 1. The van der Waals surface area contributed by atoms with Crippen LogP contribution in [0.3, 0.4) is 0 Å². The smallest absolute Gasteiger partial charge is 0.324 e. The van der Waals surface area contributed by atoms with E-state index in [4.69, 9.17) is 33.2 Å². The summed E-state index contributed by atoms with van der Waals surface area (Å²) in [6, 6.07) is 7.69. The summed E-state index contributed by atoms with van der Waals surface area (Å²) in [4.78, 5) is 13.4. The Morgan fingerprint density at radius 1 is 0.971 bits per heavy atom. The second-order valence-electron chi connectivity index (χ2n) is 8.84. The molecule has 1 saturated heterocycles. The molecule has 0 unspecified atom stereocenters. The molecular formula is C26H29BrO8. The zero-order chi connectivity index (χ0) is 24.7. The highest BCUT2D eigenvalue weighted by Crippen LogP contribution is 2.61. The molecule has 0 N–H and O–H groups in total. The second kappa shape index (κ2) is 9.43. The minimum absolute atomic E-state index is 0.152. The Bertz CT molecular complexity index is 1110. The maximum Gasteiger partial charge on any atom is 0.324 e. The van der Waals surface area contributed by atoms with Crippen molar-refractivity contribution >= 4 is 21.9 Å². The summed E-state index contributed by atoms with van der Waals surface area (Å²) in [5.41, 5.74) is 2.67. The monoisotopic (exact) mass is 548 g/mol. The van der Waals surface area contributed by atoms with E-state index < -0.39 is 10.2 Å². The number of halogens is 1. The maximum atomic E-state index is 13.4. The van der Waals surface area contributed by atoms with Crippen LogP contribution in [0.4, 0.5) is 0 Å². The largest absolute Gasteiger partial charge is 0.493 e. The van der Waals surface area contributed by atoms with Gasteiger partial charge in [0.15, 0.2) is 23.0 Å². The molecule has 2 aromatic carbocycles. The lowest BCUT2D eigenvalue weighted by atomic mass is 9.66. The third-order valence-corrected chi connectivity index (χ3v) is 8.41. The number of carbonyl (C=O) groups excluding carboxylic acids is 1. The van der Waals surface area contributed by atoms with Gasteiger partial charge in [-0.1, -0.05) is 29.3 Å². The lowest BCUT2D eigenvalue weighted by molar-refractivity contribution is -0.140. The molecule has 5 rings (SSSR count). The zero-order valence-corrected chi connectivity index (χ0v) is 21.8. The van der Waals surface area contributed by atoms with Gasteiger partial charge in [0, 0.05) is 12.5 Å². The van der Waals surface area contributed by atoms with Crippen LogP contribution >= 0.6 is 15.9 Å². The third-order valence-electron chi connectivity index (χ3n) is 7.04. The van der Waals surface area contributed by atoms with E-state index in [0.29, 0.717) is 35.4 Å². The molecular weight excluding hydrogens is 520 g/mol. The summed E-state index contributed by atoms with van der Waals surface area (Å²) in [5.74, 6) is 1.77. The summed E-state index contributed by atoms with van der Waals surface area (Å²) < 4.78 is 39.2. The summed E-state index contributed by atoms with van der Waals surface area (Å²) in [5, 5.41) is 0. The van der Waals surface area contributed by atoms with Crippen LogP contribution in [-0.2, 0) is 14.3 Å². The minimum atomic E-state index is -1.06. The number of alkyl halides is 1. The number of hydrogen-bond donors (Lipinski definition) is 0. The van der Waals surface area contributed by atoms with Gasteiger partial charge in [0.1, 0.15) is 4.32 Å². The highest BCUT2D eigenvalue weighted by atomic mass is 79.9. The van der Waals surface area contributed by atoms with Crippen LogP contribution in [0, 0.1) is 5.92 Å². The molecule has 9 heteroatoms. The van der Waals surface area contributed by atoms with E-state index in [9.17, 15) is 4.79 Å². The molecule has 8 nitrogen and oxygen atoms in total. The van der Waals surface area contributed by atoms with Gasteiger partial charge in [-0.2, -0.15) is 0 Å². The molecule has 0 aromatic heterocycles. The molecule has 0 saturated carbocycles. The minimum Gasteiger partial charge on any atom is -0.493 e. The molecule has 2 aliphatic heterocycles. The van der Waals surface area contributed by atoms with Gasteiger partial charge in [0.25, 0.3) is 0 Å². The van der Waals surface area contributed by atoms with Crippen LogP contribution in [0.1, 0.15) is 48.5 Å². The third kappa shape index (κ3) is 3.71. The maximum absolute atomic E-state index is 13.4. The Kier molecular flexibility index (Phi) is 6.48. The Morgan fingerprint density at radius 2 is 1.63 bits per heavy atom. The molecule has 1 aliphatic carbocycles. The molecule has 3 aliphatic rings. The van der Waals surface area contributed by atoms with Crippen molar-refractivity contribution < 1.29 is 38.0 Å². The van der Waals surface area contributed by atoms with E-state index >= 15 is 0 Å². The highest BCUT2D eigenvalue weighted by molar-refractivity contribution is 9.10. The number of cyclic esters (lactones) is 1. The van der Waals surface area contributed by atoms with Crippen LogP contribution in [-0.4, -0.2) is 51.6 Å². The molecule has 0 amide bonds. The van der Waals surface area contributed by atoms with Crippen molar-refractivity contribution in [3.05, 3.63) is 41.0 Å². The van der Waals surface area contributed by atoms with E-state index in [0.717, 1.165) is 29.5 Å². The van der Waals surface area contributed by atoms with E-state index in [-0.39, 0.29) is 31.4 Å². The standard InChI is InChI=1S/C26H29BrO8/c1-5-6-7-32-23-16-11-19-18(34-13-35-19)10-15(16)22(26(27)17(23)12-33-25(26)28)14-8-20(29-2)24(31-4)21(9-14)30-3/h8-11,17,22-23H,5-7,12-13H2,1-4H3/t17-,22-,23+,26-/m1/s1. The van der Waals surface area contributed by atoms with Gasteiger partial charge in [-0.25, -0.2) is 0 Å². The van der Waals surface area contributed by atoms with Gasteiger partial charge in [0.2, 0.25) is 12.5 Å². The first-order valence-electron chi connectivity index (χ1n) is 11.7. The molecule has 2 heterocycles. The molecule has 0 bridgehead atoms. The van der Waals surface area contributed by atoms with Gasteiger partial charge in [0.05, 0.1) is 40.0 Å². The number of benzene rings is 2. The molecule has 0 radical (unpaired) electrons. The number of fused-ring (bicyclic) bond motifs is 3.